The van der Waals surface area contributed by atoms with E-state index in [-0.39, 0.29) is 30.6 Å². The van der Waals surface area contributed by atoms with E-state index in [9.17, 15) is 19.2 Å². The van der Waals surface area contributed by atoms with Crippen LogP contribution in [0.15, 0.2) is 54.6 Å². The molecular weight excluding hydrogens is 442 g/mol. The number of urea groups is 1. The quantitative estimate of drug-likeness (QED) is 0.584. The van der Waals surface area contributed by atoms with Crippen molar-refractivity contribution in [1.29, 1.82) is 0 Å². The average Bonchev–Trinajstić information content (AvgIpc) is 3.08. The van der Waals surface area contributed by atoms with Crippen LogP contribution in [-0.2, 0) is 20.8 Å². The van der Waals surface area contributed by atoms with Crippen molar-refractivity contribution < 1.29 is 19.2 Å². The maximum absolute atomic E-state index is 13.5. The fourth-order valence-electron chi connectivity index (χ4n) is 5.14. The van der Waals surface area contributed by atoms with Crippen molar-refractivity contribution in [2.45, 2.75) is 57.4 Å². The lowest BCUT2D eigenvalue weighted by Crippen LogP contribution is -2.48. The van der Waals surface area contributed by atoms with Crippen molar-refractivity contribution in [3.05, 3.63) is 65.7 Å². The van der Waals surface area contributed by atoms with Gasteiger partial charge in [0, 0.05) is 25.1 Å². The minimum absolute atomic E-state index is 0.0476. The Labute approximate surface area is 206 Å². The van der Waals surface area contributed by atoms with Crippen molar-refractivity contribution in [2.75, 3.05) is 18.5 Å². The summed E-state index contributed by atoms with van der Waals surface area (Å²) in [6, 6.07) is 16.7. The lowest BCUT2D eigenvalue weighted by Gasteiger charge is -2.30. The van der Waals surface area contributed by atoms with Gasteiger partial charge >= 0.3 is 6.03 Å². The number of amides is 4. The van der Waals surface area contributed by atoms with Gasteiger partial charge in [-0.15, -0.1) is 0 Å². The molecule has 35 heavy (non-hydrogen) atoms. The summed E-state index contributed by atoms with van der Waals surface area (Å²) in [7, 11) is 1.71. The minimum Gasteiger partial charge on any atom is -0.323 e. The number of carbonyl (C=O) groups excluding carboxylic acids is 4. The maximum atomic E-state index is 13.5. The molecule has 7 heteroatoms. The van der Waals surface area contributed by atoms with Crippen molar-refractivity contribution >= 4 is 29.3 Å². The number of aryl methyl sites for hydroxylation is 1. The molecule has 0 radical (unpaired) electrons. The third-order valence-electron chi connectivity index (χ3n) is 7.19. The summed E-state index contributed by atoms with van der Waals surface area (Å²) in [5.41, 5.74) is 1.93. The van der Waals surface area contributed by atoms with Crippen LogP contribution in [-0.4, -0.2) is 47.7 Å². The molecule has 2 aromatic carbocycles. The average molecular weight is 476 g/mol. The number of nitrogens with one attached hydrogen (secondary N) is 1. The maximum Gasteiger partial charge on any atom is 0.325 e. The molecule has 1 aliphatic heterocycles. The van der Waals surface area contributed by atoms with Gasteiger partial charge in [-0.25, -0.2) is 4.79 Å². The summed E-state index contributed by atoms with van der Waals surface area (Å²) < 4.78 is 0. The summed E-state index contributed by atoms with van der Waals surface area (Å²) >= 11 is 0. The number of Topliss-reactive ketones (excluding diaryl/α,β-unsaturated/α-hetero) is 1. The number of nitrogens with zero attached hydrogens (tertiary/aromatic N) is 2. The van der Waals surface area contributed by atoms with Gasteiger partial charge in [0.05, 0.1) is 6.54 Å². The van der Waals surface area contributed by atoms with Crippen LogP contribution in [0.25, 0.3) is 0 Å². The summed E-state index contributed by atoms with van der Waals surface area (Å²) in [6.07, 6.45) is 4.37. The van der Waals surface area contributed by atoms with E-state index in [0.717, 1.165) is 41.0 Å². The molecular formula is C28H33N3O4. The summed E-state index contributed by atoms with van der Waals surface area (Å²) in [6.45, 7) is 1.68. The summed E-state index contributed by atoms with van der Waals surface area (Å²) in [5.74, 6) is -1.39. The molecule has 1 saturated heterocycles. The first-order valence-electron chi connectivity index (χ1n) is 12.3. The molecule has 1 saturated carbocycles. The van der Waals surface area contributed by atoms with Crippen molar-refractivity contribution in [3.63, 3.8) is 0 Å². The van der Waals surface area contributed by atoms with E-state index in [1.807, 2.05) is 61.5 Å². The lowest BCUT2D eigenvalue weighted by molar-refractivity contribution is -0.136. The smallest absolute Gasteiger partial charge is 0.323 e. The Hall–Kier alpha value is -3.48. The minimum atomic E-state index is -0.861. The van der Waals surface area contributed by atoms with Crippen molar-refractivity contribution in [2.24, 2.45) is 5.92 Å². The fraction of sp³-hybridized carbons (Fsp3) is 0.429. The van der Waals surface area contributed by atoms with Gasteiger partial charge in [0.15, 0.2) is 5.78 Å². The zero-order valence-electron chi connectivity index (χ0n) is 20.5. The number of benzene rings is 2. The van der Waals surface area contributed by atoms with E-state index < -0.39 is 17.5 Å². The predicted octanol–water partition coefficient (Wildman–Crippen LogP) is 4.03. The van der Waals surface area contributed by atoms with Gasteiger partial charge in [-0.05, 0) is 43.9 Å². The molecule has 1 aliphatic carbocycles. The van der Waals surface area contributed by atoms with Gasteiger partial charge < -0.3 is 10.2 Å². The van der Waals surface area contributed by atoms with Gasteiger partial charge in [-0.3, -0.25) is 19.3 Å². The highest BCUT2D eigenvalue weighted by Gasteiger charge is 2.51. The standard InChI is InChI=1S/C28H33N3O4/c1-20-11-13-23(14-12-20)30(2)25(33)22(17-21-9-5-3-6-10-21)18-24(32)19-31-26(34)28(29-27(31)35)15-7-4-8-16-28/h3,5-6,9-14,22H,4,7-8,15-19H2,1-2H3,(H,29,35)/t22-/m1/s1. The van der Waals surface area contributed by atoms with Crippen LogP contribution in [0.1, 0.15) is 49.7 Å². The summed E-state index contributed by atoms with van der Waals surface area (Å²) in [5, 5.41) is 2.84. The van der Waals surface area contributed by atoms with Crippen molar-refractivity contribution in [3.8, 4) is 0 Å². The monoisotopic (exact) mass is 475 g/mol. The zero-order valence-corrected chi connectivity index (χ0v) is 20.5. The number of hydrogen-bond donors (Lipinski definition) is 1. The molecule has 1 heterocycles. The highest BCUT2D eigenvalue weighted by atomic mass is 16.2. The first-order chi connectivity index (χ1) is 16.8. The van der Waals surface area contributed by atoms with E-state index in [1.54, 1.807) is 11.9 Å². The second kappa shape index (κ2) is 10.4. The molecule has 0 aromatic heterocycles. The van der Waals surface area contributed by atoms with E-state index >= 15 is 0 Å². The molecule has 1 spiro atoms. The Morgan fingerprint density at radius 2 is 1.66 bits per heavy atom. The van der Waals surface area contributed by atoms with Crippen LogP contribution in [0, 0.1) is 12.8 Å². The predicted molar refractivity (Wildman–Crippen MR) is 134 cm³/mol. The Morgan fingerprint density at radius 1 is 1.00 bits per heavy atom. The molecule has 0 bridgehead atoms. The van der Waals surface area contributed by atoms with Crippen LogP contribution in [0.3, 0.4) is 0 Å². The van der Waals surface area contributed by atoms with Crippen molar-refractivity contribution in [1.82, 2.24) is 10.2 Å². The lowest BCUT2D eigenvalue weighted by atomic mass is 9.81. The third-order valence-corrected chi connectivity index (χ3v) is 7.19. The first-order valence-corrected chi connectivity index (χ1v) is 12.3. The Kier molecular flexibility index (Phi) is 7.34. The molecule has 1 atom stereocenters. The van der Waals surface area contributed by atoms with Gasteiger partial charge in [0.2, 0.25) is 5.91 Å². The Morgan fingerprint density at radius 3 is 2.31 bits per heavy atom. The molecule has 7 nitrogen and oxygen atoms in total. The Balaban J connectivity index is 1.48. The van der Waals surface area contributed by atoms with Crippen LogP contribution >= 0.6 is 0 Å². The molecule has 2 aromatic rings. The fourth-order valence-corrected chi connectivity index (χ4v) is 5.14. The number of carbonyl (C=O) groups is 4. The Bertz CT molecular complexity index is 1090. The van der Waals surface area contributed by atoms with E-state index in [0.29, 0.717) is 19.3 Å². The largest absolute Gasteiger partial charge is 0.325 e. The SMILES string of the molecule is Cc1ccc(N(C)C(=O)[C@@H](CC(=O)CN2C(=O)NC3(CCCCC3)C2=O)Cc2ccccc2)cc1. The number of anilines is 1. The highest BCUT2D eigenvalue weighted by Crippen LogP contribution is 2.33. The van der Waals surface area contributed by atoms with Crippen LogP contribution in [0.5, 0.6) is 0 Å². The topological polar surface area (TPSA) is 86.8 Å². The summed E-state index contributed by atoms with van der Waals surface area (Å²) in [4.78, 5) is 54.9. The molecule has 4 amide bonds. The molecule has 2 fully saturated rings. The van der Waals surface area contributed by atoms with Gasteiger partial charge in [-0.1, -0.05) is 67.3 Å². The third kappa shape index (κ3) is 5.45. The molecule has 0 unspecified atom stereocenters. The van der Waals surface area contributed by atoms with E-state index in [2.05, 4.69) is 5.32 Å². The second-order valence-electron chi connectivity index (χ2n) is 9.83. The van der Waals surface area contributed by atoms with Gasteiger partial charge in [0.1, 0.15) is 5.54 Å². The van der Waals surface area contributed by atoms with E-state index in [1.165, 1.54) is 0 Å². The molecule has 2 aliphatic rings. The molecule has 184 valence electrons. The number of hydrogen-bond acceptors (Lipinski definition) is 4. The normalized spacial score (nSPS) is 17.8. The van der Waals surface area contributed by atoms with E-state index in [4.69, 9.17) is 0 Å². The number of imide groups is 1. The van der Waals surface area contributed by atoms with Crippen LogP contribution in [0.2, 0.25) is 0 Å². The number of rotatable bonds is 8. The van der Waals surface area contributed by atoms with Crippen LogP contribution in [0.4, 0.5) is 10.5 Å². The molecule has 4 rings (SSSR count). The van der Waals surface area contributed by atoms with Crippen LogP contribution < -0.4 is 10.2 Å². The second-order valence-corrected chi connectivity index (χ2v) is 9.83. The molecule has 1 N–H and O–H groups in total. The highest BCUT2D eigenvalue weighted by molar-refractivity contribution is 6.09. The first kappa shape index (κ1) is 24.6. The van der Waals surface area contributed by atoms with Gasteiger partial charge in [-0.2, -0.15) is 0 Å². The number of ketones is 1. The van der Waals surface area contributed by atoms with Gasteiger partial charge in [0.25, 0.3) is 5.91 Å². The zero-order chi connectivity index (χ0) is 25.0.